The van der Waals surface area contributed by atoms with E-state index in [1.807, 2.05) is 6.92 Å². The van der Waals surface area contributed by atoms with Gasteiger partial charge in [-0.2, -0.15) is 4.98 Å². The molecule has 0 atom stereocenters. The van der Waals surface area contributed by atoms with E-state index in [0.29, 0.717) is 9.64 Å². The van der Waals surface area contributed by atoms with Crippen molar-refractivity contribution < 1.29 is 0 Å². The van der Waals surface area contributed by atoms with Crippen molar-refractivity contribution in [1.29, 1.82) is 0 Å². The molecule has 0 saturated carbocycles. The smallest absolute Gasteiger partial charge is 0.244 e. The molecular weight excluding hydrogens is 186 g/mol. The quantitative estimate of drug-likeness (QED) is 0.469. The maximum atomic E-state index is 5.99. The van der Waals surface area contributed by atoms with Crippen molar-refractivity contribution in [2.45, 2.75) is 6.92 Å². The first-order chi connectivity index (χ1) is 6.02. The summed E-state index contributed by atoms with van der Waals surface area (Å²) in [5.41, 5.74) is 2.12. The Morgan fingerprint density at radius 1 is 1.31 bits per heavy atom. The van der Waals surface area contributed by atoms with Crippen LogP contribution in [0.5, 0.6) is 0 Å². The van der Waals surface area contributed by atoms with Gasteiger partial charge in [-0.25, -0.2) is 4.98 Å². The van der Waals surface area contributed by atoms with Crippen LogP contribution in [-0.2, 0) is 0 Å². The third kappa shape index (κ3) is 1.16. The number of allylic oxidation sites excluding steroid dienone is 1. The molecule has 3 nitrogen and oxygen atoms in total. The van der Waals surface area contributed by atoms with Crippen LogP contribution in [0.4, 0.5) is 5.82 Å². The summed E-state index contributed by atoms with van der Waals surface area (Å²) < 4.78 is 0.642. The van der Waals surface area contributed by atoms with Gasteiger partial charge in [0, 0.05) is 5.57 Å². The Morgan fingerprint density at radius 3 is 2.62 bits per heavy atom. The number of aromatic nitrogens is 2. The second-order valence-electron chi connectivity index (χ2n) is 3.72. The molecule has 1 aromatic heterocycles. The van der Waals surface area contributed by atoms with Crippen molar-refractivity contribution in [2.24, 2.45) is 0 Å². The average Bonchev–Trinajstić information content (AvgIpc) is 2.24. The molecule has 0 spiro atoms. The number of halogens is 1. The summed E-state index contributed by atoms with van der Waals surface area (Å²) in [6, 6.07) is 0. The monoisotopic (exact) mass is 196 g/mol. The fourth-order valence-electron chi connectivity index (χ4n) is 1.74. The molecule has 2 heterocycles. The van der Waals surface area contributed by atoms with Crippen LogP contribution in [0.3, 0.4) is 0 Å². The van der Waals surface area contributed by atoms with E-state index < -0.39 is 0 Å². The first-order valence-corrected chi connectivity index (χ1v) is 4.45. The topological polar surface area (TPSA) is 25.8 Å². The number of hydrogen-bond donors (Lipinski definition) is 0. The lowest BCUT2D eigenvalue weighted by atomic mass is 10.2. The minimum atomic E-state index is 0.544. The first-order valence-electron chi connectivity index (χ1n) is 4.07. The highest BCUT2D eigenvalue weighted by Crippen LogP contribution is 2.38. The van der Waals surface area contributed by atoms with Gasteiger partial charge in [0.05, 0.1) is 14.1 Å². The molecule has 0 radical (unpaired) electrons. The molecule has 0 saturated heterocycles. The largest absolute Gasteiger partial charge is 0.252 e. The third-order valence-electron chi connectivity index (χ3n) is 2.24. The zero-order valence-electron chi connectivity index (χ0n) is 7.87. The Hall–Kier alpha value is -0.930. The summed E-state index contributed by atoms with van der Waals surface area (Å²) in [7, 11) is 4.14. The van der Waals surface area contributed by atoms with Crippen LogP contribution in [0, 0.1) is 0 Å². The Morgan fingerprint density at radius 2 is 2.00 bits per heavy atom. The van der Waals surface area contributed by atoms with Crippen molar-refractivity contribution in [3.8, 4) is 0 Å². The fraction of sp³-hybridized carbons (Fsp3) is 0.333. The van der Waals surface area contributed by atoms with E-state index in [0.717, 1.165) is 17.0 Å². The van der Waals surface area contributed by atoms with Crippen LogP contribution in [-0.4, -0.2) is 24.1 Å². The van der Waals surface area contributed by atoms with Gasteiger partial charge in [0.1, 0.15) is 23.2 Å². The molecule has 4 heteroatoms. The zero-order chi connectivity index (χ0) is 9.64. The predicted octanol–water partition coefficient (Wildman–Crippen LogP) is 2.07. The van der Waals surface area contributed by atoms with Gasteiger partial charge in [0.15, 0.2) is 0 Å². The minimum absolute atomic E-state index is 0.544. The lowest BCUT2D eigenvalue weighted by Gasteiger charge is -2.19. The van der Waals surface area contributed by atoms with E-state index in [9.17, 15) is 0 Å². The molecule has 0 aromatic carbocycles. The summed E-state index contributed by atoms with van der Waals surface area (Å²) in [6.07, 6.45) is 3.62. The van der Waals surface area contributed by atoms with Gasteiger partial charge in [0.25, 0.3) is 0 Å². The Labute approximate surface area is 82.3 Å². The van der Waals surface area contributed by atoms with Crippen molar-refractivity contribution in [3.63, 3.8) is 0 Å². The molecule has 0 aliphatic carbocycles. The van der Waals surface area contributed by atoms with Crippen LogP contribution in [0.1, 0.15) is 12.5 Å². The van der Waals surface area contributed by atoms with Crippen molar-refractivity contribution in [1.82, 2.24) is 14.5 Å². The van der Waals surface area contributed by atoms with Crippen LogP contribution in [0.15, 0.2) is 12.5 Å². The van der Waals surface area contributed by atoms with E-state index in [-0.39, 0.29) is 0 Å². The maximum absolute atomic E-state index is 5.99. The van der Waals surface area contributed by atoms with Gasteiger partial charge in [-0.15, -0.1) is 0 Å². The van der Waals surface area contributed by atoms with Crippen LogP contribution in [0.2, 0.25) is 5.15 Å². The second-order valence-corrected chi connectivity index (χ2v) is 4.07. The molecular formula is C9H11ClN3+. The van der Waals surface area contributed by atoms with Gasteiger partial charge < -0.3 is 0 Å². The molecule has 0 amide bonds. The summed E-state index contributed by atoms with van der Waals surface area (Å²) >= 11 is 5.99. The third-order valence-corrected chi connectivity index (χ3v) is 2.52. The highest BCUT2D eigenvalue weighted by Gasteiger charge is 2.33. The van der Waals surface area contributed by atoms with Crippen LogP contribution in [0.25, 0.3) is 5.57 Å². The Bertz CT molecular complexity index is 396. The number of quaternary nitrogens is 1. The molecule has 2 rings (SSSR count). The Balaban J connectivity index is 2.74. The van der Waals surface area contributed by atoms with Gasteiger partial charge in [0.2, 0.25) is 5.82 Å². The van der Waals surface area contributed by atoms with Gasteiger partial charge in [-0.1, -0.05) is 11.6 Å². The normalized spacial score (nSPS) is 18.3. The predicted molar refractivity (Wildman–Crippen MR) is 54.3 cm³/mol. The van der Waals surface area contributed by atoms with E-state index in [4.69, 9.17) is 11.6 Å². The second kappa shape index (κ2) is 2.53. The zero-order valence-corrected chi connectivity index (χ0v) is 8.63. The van der Waals surface area contributed by atoms with E-state index in [1.54, 1.807) is 0 Å². The molecule has 68 valence electrons. The summed E-state index contributed by atoms with van der Waals surface area (Å²) in [4.78, 5) is 8.22. The lowest BCUT2D eigenvalue weighted by molar-refractivity contribution is 0.534. The number of fused-ring (bicyclic) bond motifs is 1. The van der Waals surface area contributed by atoms with Crippen LogP contribution >= 0.6 is 11.6 Å². The van der Waals surface area contributed by atoms with Crippen molar-refractivity contribution in [3.05, 3.63) is 23.2 Å². The van der Waals surface area contributed by atoms with Crippen molar-refractivity contribution >= 4 is 23.0 Å². The molecule has 1 aliphatic heterocycles. The number of nitrogens with zero attached hydrogens (tertiary/aromatic N) is 3. The molecule has 0 bridgehead atoms. The SMILES string of the molecule is CC1=C[N+](C)(C)c2ncnc(Cl)c21. The lowest BCUT2D eigenvalue weighted by Crippen LogP contribution is -2.32. The standard InChI is InChI=1S/C9H11ClN3/c1-6-4-13(2,3)9-7(6)8(10)11-5-12-9/h4-5H,1-3H3/q+1. The van der Waals surface area contributed by atoms with Crippen molar-refractivity contribution in [2.75, 3.05) is 14.1 Å². The molecule has 13 heavy (non-hydrogen) atoms. The van der Waals surface area contributed by atoms with Gasteiger partial charge in [-0.3, -0.25) is 4.48 Å². The van der Waals surface area contributed by atoms with E-state index in [2.05, 4.69) is 30.3 Å². The van der Waals surface area contributed by atoms with Crippen LogP contribution < -0.4 is 4.48 Å². The number of rotatable bonds is 0. The number of hydrogen-bond acceptors (Lipinski definition) is 2. The van der Waals surface area contributed by atoms with E-state index >= 15 is 0 Å². The summed E-state index contributed by atoms with van der Waals surface area (Å²) in [6.45, 7) is 2.03. The minimum Gasteiger partial charge on any atom is -0.252 e. The molecule has 0 unspecified atom stereocenters. The molecule has 1 aromatic rings. The average molecular weight is 197 g/mol. The summed E-state index contributed by atoms with van der Waals surface area (Å²) in [5, 5.41) is 0.544. The molecule has 1 aliphatic rings. The van der Waals surface area contributed by atoms with Gasteiger partial charge in [-0.05, 0) is 6.92 Å². The van der Waals surface area contributed by atoms with E-state index in [1.165, 1.54) is 6.33 Å². The highest BCUT2D eigenvalue weighted by atomic mass is 35.5. The summed E-state index contributed by atoms with van der Waals surface area (Å²) in [5.74, 6) is 0.970. The van der Waals surface area contributed by atoms with Gasteiger partial charge >= 0.3 is 0 Å². The molecule has 0 fully saturated rings. The first kappa shape index (κ1) is 8.66. The highest BCUT2D eigenvalue weighted by molar-refractivity contribution is 6.31. The Kier molecular flexibility index (Phi) is 1.68. The fourth-order valence-corrected chi connectivity index (χ4v) is 2.02. The maximum Gasteiger partial charge on any atom is 0.244 e. The molecule has 0 N–H and O–H groups in total.